The lowest BCUT2D eigenvalue weighted by Crippen LogP contribution is -2.31. The van der Waals surface area contributed by atoms with Crippen LogP contribution in [0.3, 0.4) is 0 Å². The van der Waals surface area contributed by atoms with Gasteiger partial charge in [-0.3, -0.25) is 4.98 Å². The van der Waals surface area contributed by atoms with E-state index in [1.54, 1.807) is 0 Å². The summed E-state index contributed by atoms with van der Waals surface area (Å²) in [5.74, 6) is 0.627. The van der Waals surface area contributed by atoms with Crippen LogP contribution in [-0.2, 0) is 0 Å². The molecule has 0 amide bonds. The molecular weight excluding hydrogens is 240 g/mol. The van der Waals surface area contributed by atoms with Crippen molar-refractivity contribution in [3.05, 3.63) is 28.5 Å². The van der Waals surface area contributed by atoms with E-state index in [0.717, 1.165) is 11.0 Å². The number of halogens is 1. The third-order valence-corrected chi connectivity index (χ3v) is 3.26. The molecule has 2 nitrogen and oxygen atoms in total. The molecule has 1 unspecified atom stereocenters. The Morgan fingerprint density at radius 1 is 1.50 bits per heavy atom. The van der Waals surface area contributed by atoms with E-state index in [4.69, 9.17) is 0 Å². The normalized spacial score (nSPS) is 23.7. The number of rotatable bonds is 1. The highest BCUT2D eigenvalue weighted by Crippen LogP contribution is 2.25. The Morgan fingerprint density at radius 2 is 2.36 bits per heavy atom. The van der Waals surface area contributed by atoms with Crippen molar-refractivity contribution in [2.45, 2.75) is 18.8 Å². The van der Waals surface area contributed by atoms with E-state index >= 15 is 0 Å². The Labute approximate surface area is 93.5 Å². The zero-order chi connectivity index (χ0) is 9.97. The van der Waals surface area contributed by atoms with Gasteiger partial charge in [0.2, 0.25) is 0 Å². The van der Waals surface area contributed by atoms with Gasteiger partial charge in [-0.1, -0.05) is 0 Å². The second-order valence-electron chi connectivity index (χ2n) is 4.00. The summed E-state index contributed by atoms with van der Waals surface area (Å²) in [4.78, 5) is 6.85. The number of nitrogens with zero attached hydrogens (tertiary/aromatic N) is 2. The first-order chi connectivity index (χ1) is 6.75. The molecule has 14 heavy (non-hydrogen) atoms. The molecule has 1 fully saturated rings. The lowest BCUT2D eigenvalue weighted by molar-refractivity contribution is 0.248. The molecule has 0 aliphatic carbocycles. The van der Waals surface area contributed by atoms with Crippen LogP contribution in [0.25, 0.3) is 0 Å². The minimum atomic E-state index is 0.627. The van der Waals surface area contributed by atoms with Crippen LogP contribution < -0.4 is 0 Å². The van der Waals surface area contributed by atoms with Crippen LogP contribution in [0.5, 0.6) is 0 Å². The molecule has 2 rings (SSSR count). The van der Waals surface area contributed by atoms with E-state index in [9.17, 15) is 0 Å². The predicted octanol–water partition coefficient (Wildman–Crippen LogP) is 2.65. The number of hydrogen-bond donors (Lipinski definition) is 0. The first-order valence-corrected chi connectivity index (χ1v) is 5.85. The van der Waals surface area contributed by atoms with E-state index in [0.29, 0.717) is 5.92 Å². The summed E-state index contributed by atoms with van der Waals surface area (Å²) < 4.78 is 1.06. The molecule has 76 valence electrons. The number of aromatic nitrogens is 1. The second-order valence-corrected chi connectivity index (χ2v) is 4.92. The Balaban J connectivity index is 2.10. The molecule has 0 N–H and O–H groups in total. The summed E-state index contributed by atoms with van der Waals surface area (Å²) >= 11 is 3.41. The summed E-state index contributed by atoms with van der Waals surface area (Å²) in [5.41, 5.74) is 1.24. The van der Waals surface area contributed by atoms with Crippen molar-refractivity contribution in [1.82, 2.24) is 9.88 Å². The molecule has 1 saturated heterocycles. The largest absolute Gasteiger partial charge is 0.306 e. The van der Waals surface area contributed by atoms with Crippen LogP contribution in [0.2, 0.25) is 0 Å². The van der Waals surface area contributed by atoms with Gasteiger partial charge in [0.25, 0.3) is 0 Å². The fourth-order valence-corrected chi connectivity index (χ4v) is 2.27. The maximum absolute atomic E-state index is 4.46. The molecule has 0 spiro atoms. The zero-order valence-electron chi connectivity index (χ0n) is 8.41. The highest BCUT2D eigenvalue weighted by molar-refractivity contribution is 9.10. The van der Waals surface area contributed by atoms with Crippen LogP contribution in [0.15, 0.2) is 22.8 Å². The molecule has 0 aromatic carbocycles. The van der Waals surface area contributed by atoms with Gasteiger partial charge in [0.1, 0.15) is 0 Å². The van der Waals surface area contributed by atoms with Crippen molar-refractivity contribution in [3.8, 4) is 0 Å². The van der Waals surface area contributed by atoms with Gasteiger partial charge in [0, 0.05) is 28.8 Å². The van der Waals surface area contributed by atoms with Crippen molar-refractivity contribution in [2.24, 2.45) is 0 Å². The number of hydrogen-bond acceptors (Lipinski definition) is 2. The van der Waals surface area contributed by atoms with Gasteiger partial charge in [-0.05, 0) is 54.5 Å². The first-order valence-electron chi connectivity index (χ1n) is 5.05. The molecule has 1 aliphatic rings. The number of pyridine rings is 1. The molecule has 1 aliphatic heterocycles. The standard InChI is InChI=1S/C11H15BrN2/c1-14-6-2-3-9(8-14)11-5-4-10(12)7-13-11/h4-5,7,9H,2-3,6,8H2,1H3. The summed E-state index contributed by atoms with van der Waals surface area (Å²) in [5, 5.41) is 0. The SMILES string of the molecule is CN1CCCC(c2ccc(Br)cn2)C1. The minimum Gasteiger partial charge on any atom is -0.306 e. The van der Waals surface area contributed by atoms with E-state index < -0.39 is 0 Å². The van der Waals surface area contributed by atoms with Gasteiger partial charge in [-0.15, -0.1) is 0 Å². The molecule has 0 radical (unpaired) electrons. The van der Waals surface area contributed by atoms with Crippen molar-refractivity contribution >= 4 is 15.9 Å². The molecule has 1 aromatic rings. The van der Waals surface area contributed by atoms with Gasteiger partial charge >= 0.3 is 0 Å². The number of piperidine rings is 1. The molecule has 1 atom stereocenters. The summed E-state index contributed by atoms with van der Waals surface area (Å²) in [7, 11) is 2.19. The van der Waals surface area contributed by atoms with E-state index in [1.165, 1.54) is 25.1 Å². The van der Waals surface area contributed by atoms with Crippen molar-refractivity contribution < 1.29 is 0 Å². The van der Waals surface area contributed by atoms with Crippen LogP contribution in [0, 0.1) is 0 Å². The average molecular weight is 255 g/mol. The lowest BCUT2D eigenvalue weighted by atomic mass is 9.95. The monoisotopic (exact) mass is 254 g/mol. The van der Waals surface area contributed by atoms with E-state index in [1.807, 2.05) is 6.20 Å². The molecular formula is C11H15BrN2. The van der Waals surface area contributed by atoms with Gasteiger partial charge < -0.3 is 4.90 Å². The lowest BCUT2D eigenvalue weighted by Gasteiger charge is -2.29. The summed E-state index contributed by atoms with van der Waals surface area (Å²) in [6.45, 7) is 2.38. The van der Waals surface area contributed by atoms with E-state index in [2.05, 4.69) is 45.0 Å². The Hall–Kier alpha value is -0.410. The zero-order valence-corrected chi connectivity index (χ0v) is 10.00. The summed E-state index contributed by atoms with van der Waals surface area (Å²) in [6.07, 6.45) is 4.46. The quantitative estimate of drug-likeness (QED) is 0.766. The predicted molar refractivity (Wildman–Crippen MR) is 61.4 cm³/mol. The maximum Gasteiger partial charge on any atom is 0.0448 e. The smallest absolute Gasteiger partial charge is 0.0448 e. The molecule has 2 heterocycles. The Morgan fingerprint density at radius 3 is 3.00 bits per heavy atom. The second kappa shape index (κ2) is 4.41. The van der Waals surface area contributed by atoms with E-state index in [-0.39, 0.29) is 0 Å². The fourth-order valence-electron chi connectivity index (χ4n) is 2.04. The fraction of sp³-hybridized carbons (Fsp3) is 0.545. The topological polar surface area (TPSA) is 16.1 Å². The van der Waals surface area contributed by atoms with Crippen molar-refractivity contribution in [1.29, 1.82) is 0 Å². The van der Waals surface area contributed by atoms with Gasteiger partial charge in [0.15, 0.2) is 0 Å². The molecule has 0 saturated carbocycles. The summed E-state index contributed by atoms with van der Waals surface area (Å²) in [6, 6.07) is 4.21. The van der Waals surface area contributed by atoms with Crippen molar-refractivity contribution in [3.63, 3.8) is 0 Å². The van der Waals surface area contributed by atoms with Crippen LogP contribution in [0.4, 0.5) is 0 Å². The van der Waals surface area contributed by atoms with Crippen LogP contribution in [0.1, 0.15) is 24.5 Å². The highest BCUT2D eigenvalue weighted by atomic mass is 79.9. The van der Waals surface area contributed by atoms with Gasteiger partial charge in [0.05, 0.1) is 0 Å². The van der Waals surface area contributed by atoms with Gasteiger partial charge in [-0.2, -0.15) is 0 Å². The molecule has 0 bridgehead atoms. The maximum atomic E-state index is 4.46. The van der Waals surface area contributed by atoms with Gasteiger partial charge in [-0.25, -0.2) is 0 Å². The molecule has 1 aromatic heterocycles. The number of likely N-dealkylation sites (N-methyl/N-ethyl adjacent to an activating group) is 1. The Bertz CT molecular complexity index is 297. The number of likely N-dealkylation sites (tertiary alicyclic amines) is 1. The minimum absolute atomic E-state index is 0.627. The molecule has 3 heteroatoms. The first kappa shape index (κ1) is 10.1. The van der Waals surface area contributed by atoms with Crippen LogP contribution in [-0.4, -0.2) is 30.0 Å². The third-order valence-electron chi connectivity index (χ3n) is 2.79. The van der Waals surface area contributed by atoms with Crippen molar-refractivity contribution in [2.75, 3.05) is 20.1 Å². The average Bonchev–Trinajstić information content (AvgIpc) is 2.19. The van der Waals surface area contributed by atoms with Crippen LogP contribution >= 0.6 is 15.9 Å². The highest BCUT2D eigenvalue weighted by Gasteiger charge is 2.19. The Kier molecular flexibility index (Phi) is 3.19. The third kappa shape index (κ3) is 2.34.